The average molecular weight is 318 g/mol. The van der Waals surface area contributed by atoms with Crippen molar-refractivity contribution in [2.24, 2.45) is 0 Å². The Morgan fingerprint density at radius 1 is 1.35 bits per heavy atom. The normalized spacial score (nSPS) is 17.1. The Balaban J connectivity index is 1.69. The quantitative estimate of drug-likeness (QED) is 0.916. The first-order valence-corrected chi connectivity index (χ1v) is 7.85. The molecule has 0 aromatic carbocycles. The van der Waals surface area contributed by atoms with Crippen LogP contribution in [0.4, 0.5) is 0 Å². The molecule has 0 spiro atoms. The summed E-state index contributed by atoms with van der Waals surface area (Å²) in [5.41, 5.74) is 0.586. The zero-order valence-electron chi connectivity index (χ0n) is 13.5. The molecular weight excluding hydrogens is 296 g/mol. The highest BCUT2D eigenvalue weighted by molar-refractivity contribution is 5.95. The number of hydrogen-bond acceptors (Lipinski definition) is 5. The van der Waals surface area contributed by atoms with Gasteiger partial charge in [0.1, 0.15) is 17.3 Å². The zero-order chi connectivity index (χ0) is 16.2. The molecule has 0 aliphatic carbocycles. The van der Waals surface area contributed by atoms with Crippen LogP contribution in [0.1, 0.15) is 33.7 Å². The molecule has 0 saturated carbocycles. The third-order valence-electron chi connectivity index (χ3n) is 4.10. The van der Waals surface area contributed by atoms with E-state index in [4.69, 9.17) is 13.6 Å². The highest BCUT2D eigenvalue weighted by Gasteiger charge is 2.25. The van der Waals surface area contributed by atoms with Crippen molar-refractivity contribution in [1.82, 2.24) is 10.2 Å². The molecule has 3 heterocycles. The fourth-order valence-corrected chi connectivity index (χ4v) is 2.92. The summed E-state index contributed by atoms with van der Waals surface area (Å²) < 4.78 is 16.4. The topological polar surface area (TPSA) is 67.9 Å². The lowest BCUT2D eigenvalue weighted by Gasteiger charge is -2.33. The van der Waals surface area contributed by atoms with Gasteiger partial charge in [-0.3, -0.25) is 9.69 Å². The molecule has 6 heteroatoms. The van der Waals surface area contributed by atoms with E-state index in [1.165, 1.54) is 0 Å². The lowest BCUT2D eigenvalue weighted by Crippen LogP contribution is -2.43. The van der Waals surface area contributed by atoms with Crippen LogP contribution in [0.25, 0.3) is 0 Å². The summed E-state index contributed by atoms with van der Waals surface area (Å²) >= 11 is 0. The molecule has 1 N–H and O–H groups in total. The third-order valence-corrected chi connectivity index (χ3v) is 4.10. The predicted molar refractivity (Wildman–Crippen MR) is 84.4 cm³/mol. The Bertz CT molecular complexity index is 642. The lowest BCUT2D eigenvalue weighted by atomic mass is 10.1. The predicted octanol–water partition coefficient (Wildman–Crippen LogP) is 2.29. The van der Waals surface area contributed by atoms with Gasteiger partial charge in [-0.2, -0.15) is 0 Å². The van der Waals surface area contributed by atoms with Gasteiger partial charge in [0.15, 0.2) is 0 Å². The van der Waals surface area contributed by atoms with Crippen LogP contribution in [0.3, 0.4) is 0 Å². The molecule has 1 saturated heterocycles. The molecule has 1 aliphatic rings. The summed E-state index contributed by atoms with van der Waals surface area (Å²) in [5.74, 6) is 2.11. The fourth-order valence-electron chi connectivity index (χ4n) is 2.92. The number of morpholine rings is 1. The van der Waals surface area contributed by atoms with Crippen molar-refractivity contribution in [3.05, 3.63) is 47.3 Å². The van der Waals surface area contributed by atoms with Crippen LogP contribution >= 0.6 is 0 Å². The van der Waals surface area contributed by atoms with Gasteiger partial charge in [-0.05, 0) is 32.0 Å². The maximum absolute atomic E-state index is 12.4. The van der Waals surface area contributed by atoms with Gasteiger partial charge in [-0.25, -0.2) is 0 Å². The van der Waals surface area contributed by atoms with Gasteiger partial charge < -0.3 is 18.9 Å². The molecular formula is C17H22N2O4. The number of nitrogens with one attached hydrogen (secondary N) is 1. The molecule has 0 radical (unpaired) electrons. The van der Waals surface area contributed by atoms with Crippen molar-refractivity contribution in [3.63, 3.8) is 0 Å². The second kappa shape index (κ2) is 7.02. The van der Waals surface area contributed by atoms with E-state index in [0.29, 0.717) is 31.1 Å². The van der Waals surface area contributed by atoms with E-state index in [9.17, 15) is 4.79 Å². The molecule has 0 bridgehead atoms. The lowest BCUT2D eigenvalue weighted by molar-refractivity contribution is 0.0118. The first kappa shape index (κ1) is 15.8. The number of rotatable bonds is 5. The molecule has 1 amide bonds. The maximum atomic E-state index is 12.4. The summed E-state index contributed by atoms with van der Waals surface area (Å²) in [5, 5.41) is 3.00. The van der Waals surface area contributed by atoms with Crippen molar-refractivity contribution in [2.75, 3.05) is 32.8 Å². The van der Waals surface area contributed by atoms with Crippen LogP contribution < -0.4 is 5.32 Å². The minimum absolute atomic E-state index is 0.00570. The van der Waals surface area contributed by atoms with Crippen molar-refractivity contribution in [2.45, 2.75) is 19.9 Å². The first-order chi connectivity index (χ1) is 11.1. The van der Waals surface area contributed by atoms with Crippen LogP contribution in [-0.2, 0) is 4.74 Å². The van der Waals surface area contributed by atoms with Crippen LogP contribution in [0.5, 0.6) is 0 Å². The number of carbonyl (C=O) groups is 1. The SMILES string of the molecule is Cc1cc(C(=O)NC[C@@H](c2ccco2)N2CCOCC2)c(C)o1. The fraction of sp³-hybridized carbons (Fsp3) is 0.471. The minimum atomic E-state index is -0.121. The molecule has 1 atom stereocenters. The van der Waals surface area contributed by atoms with E-state index in [1.54, 1.807) is 19.3 Å². The maximum Gasteiger partial charge on any atom is 0.254 e. The molecule has 124 valence electrons. The first-order valence-electron chi connectivity index (χ1n) is 7.85. The minimum Gasteiger partial charge on any atom is -0.468 e. The van der Waals surface area contributed by atoms with Gasteiger partial charge in [0.2, 0.25) is 0 Å². The summed E-state index contributed by atoms with van der Waals surface area (Å²) in [6, 6.07) is 5.58. The molecule has 1 aliphatic heterocycles. The van der Waals surface area contributed by atoms with Gasteiger partial charge in [-0.15, -0.1) is 0 Å². The van der Waals surface area contributed by atoms with Crippen LogP contribution in [0.15, 0.2) is 33.3 Å². The Hall–Kier alpha value is -2.05. The van der Waals surface area contributed by atoms with Crippen molar-refractivity contribution < 1.29 is 18.4 Å². The summed E-state index contributed by atoms with van der Waals surface area (Å²) in [6.45, 7) is 7.17. The number of hydrogen-bond donors (Lipinski definition) is 1. The highest BCUT2D eigenvalue weighted by atomic mass is 16.5. The van der Waals surface area contributed by atoms with Crippen LogP contribution in [-0.4, -0.2) is 43.7 Å². The molecule has 2 aromatic rings. The van der Waals surface area contributed by atoms with Crippen LogP contribution in [0, 0.1) is 13.8 Å². The Morgan fingerprint density at radius 2 is 2.13 bits per heavy atom. The van der Waals surface area contributed by atoms with E-state index in [-0.39, 0.29) is 11.9 Å². The number of furan rings is 2. The van der Waals surface area contributed by atoms with E-state index >= 15 is 0 Å². The van der Waals surface area contributed by atoms with Crippen molar-refractivity contribution in [3.8, 4) is 0 Å². The summed E-state index contributed by atoms with van der Waals surface area (Å²) in [7, 11) is 0. The van der Waals surface area contributed by atoms with E-state index in [1.807, 2.05) is 19.1 Å². The zero-order valence-corrected chi connectivity index (χ0v) is 13.5. The number of nitrogens with zero attached hydrogens (tertiary/aromatic N) is 1. The van der Waals surface area contributed by atoms with E-state index < -0.39 is 0 Å². The highest BCUT2D eigenvalue weighted by Crippen LogP contribution is 2.22. The molecule has 0 unspecified atom stereocenters. The second-order valence-electron chi connectivity index (χ2n) is 5.72. The molecule has 6 nitrogen and oxygen atoms in total. The number of ether oxygens (including phenoxy) is 1. The Labute approximate surface area is 135 Å². The third kappa shape index (κ3) is 3.65. The van der Waals surface area contributed by atoms with Gasteiger partial charge in [-0.1, -0.05) is 0 Å². The Morgan fingerprint density at radius 3 is 2.74 bits per heavy atom. The standard InChI is InChI=1S/C17H22N2O4/c1-12-10-14(13(2)23-12)17(20)18-11-15(16-4-3-7-22-16)19-5-8-21-9-6-19/h3-4,7,10,15H,5-6,8-9,11H2,1-2H3,(H,18,20)/t15-/m0/s1. The van der Waals surface area contributed by atoms with Crippen LogP contribution in [0.2, 0.25) is 0 Å². The Kier molecular flexibility index (Phi) is 4.83. The van der Waals surface area contributed by atoms with Gasteiger partial charge in [0, 0.05) is 19.6 Å². The summed E-state index contributed by atoms with van der Waals surface area (Å²) in [4.78, 5) is 14.7. The monoisotopic (exact) mass is 318 g/mol. The van der Waals surface area contributed by atoms with Gasteiger partial charge in [0.05, 0.1) is 31.1 Å². The van der Waals surface area contributed by atoms with Gasteiger partial charge in [0.25, 0.3) is 5.91 Å². The molecule has 23 heavy (non-hydrogen) atoms. The summed E-state index contributed by atoms with van der Waals surface area (Å²) in [6.07, 6.45) is 1.66. The molecule has 2 aromatic heterocycles. The van der Waals surface area contributed by atoms with E-state index in [2.05, 4.69) is 10.2 Å². The van der Waals surface area contributed by atoms with E-state index in [0.717, 1.165) is 24.6 Å². The largest absolute Gasteiger partial charge is 0.468 e. The molecule has 1 fully saturated rings. The van der Waals surface area contributed by atoms with Crippen molar-refractivity contribution >= 4 is 5.91 Å². The average Bonchev–Trinajstić information content (AvgIpc) is 3.18. The number of amides is 1. The van der Waals surface area contributed by atoms with Crippen molar-refractivity contribution in [1.29, 1.82) is 0 Å². The van der Waals surface area contributed by atoms with Gasteiger partial charge >= 0.3 is 0 Å². The smallest absolute Gasteiger partial charge is 0.254 e. The molecule has 3 rings (SSSR count). The number of carbonyl (C=O) groups excluding carboxylic acids is 1. The second-order valence-corrected chi connectivity index (χ2v) is 5.72. The number of aryl methyl sites for hydroxylation is 2.